The van der Waals surface area contributed by atoms with Crippen LogP contribution in [-0.4, -0.2) is 14.7 Å². The van der Waals surface area contributed by atoms with Gasteiger partial charge in [0.1, 0.15) is 6.33 Å². The summed E-state index contributed by atoms with van der Waals surface area (Å²) in [6.45, 7) is 4.20. The molecule has 0 spiro atoms. The molecule has 0 aliphatic rings. The van der Waals surface area contributed by atoms with Gasteiger partial charge in [-0.3, -0.25) is 9.36 Å². The number of aromatic hydroxyl groups is 1. The third kappa shape index (κ3) is 2.02. The molecule has 0 aliphatic heterocycles. The first-order valence-corrected chi connectivity index (χ1v) is 4.59. The van der Waals surface area contributed by atoms with Crippen LogP contribution in [-0.2, 0) is 13.0 Å². The molecule has 0 amide bonds. The summed E-state index contributed by atoms with van der Waals surface area (Å²) in [6, 6.07) is 0. The van der Waals surface area contributed by atoms with Crippen molar-refractivity contribution in [3.8, 4) is 5.88 Å². The van der Waals surface area contributed by atoms with E-state index in [4.69, 9.17) is 0 Å². The fourth-order valence-corrected chi connectivity index (χ4v) is 1.18. The second kappa shape index (κ2) is 4.60. The van der Waals surface area contributed by atoms with Crippen LogP contribution < -0.4 is 5.56 Å². The lowest BCUT2D eigenvalue weighted by molar-refractivity contribution is 0.439. The zero-order valence-corrected chi connectivity index (χ0v) is 8.40. The normalized spacial score (nSPS) is 11.0. The van der Waals surface area contributed by atoms with Gasteiger partial charge < -0.3 is 5.11 Å². The topological polar surface area (TPSA) is 55.1 Å². The monoisotopic (exact) mass is 194 g/mol. The smallest absolute Gasteiger partial charge is 0.260 e. The largest absolute Gasteiger partial charge is 0.493 e. The minimum absolute atomic E-state index is 0.158. The molecule has 1 N–H and O–H groups in total. The summed E-state index contributed by atoms with van der Waals surface area (Å²) in [4.78, 5) is 15.4. The van der Waals surface area contributed by atoms with E-state index in [1.54, 1.807) is 0 Å². The number of hydrogen-bond acceptors (Lipinski definition) is 3. The van der Waals surface area contributed by atoms with Gasteiger partial charge in [-0.25, -0.2) is 4.98 Å². The van der Waals surface area contributed by atoms with E-state index >= 15 is 0 Å². The van der Waals surface area contributed by atoms with Crippen LogP contribution in [0.1, 0.15) is 19.4 Å². The molecule has 4 heteroatoms. The van der Waals surface area contributed by atoms with Gasteiger partial charge in [0.2, 0.25) is 5.88 Å². The van der Waals surface area contributed by atoms with Gasteiger partial charge in [0, 0.05) is 6.54 Å². The maximum absolute atomic E-state index is 11.7. The summed E-state index contributed by atoms with van der Waals surface area (Å²) in [5, 5.41) is 9.30. The van der Waals surface area contributed by atoms with Gasteiger partial charge >= 0.3 is 0 Å². The van der Waals surface area contributed by atoms with Gasteiger partial charge in [0.05, 0.1) is 5.56 Å². The molecule has 0 bridgehead atoms. The van der Waals surface area contributed by atoms with E-state index in [2.05, 4.69) is 4.98 Å². The molecule has 1 heterocycles. The molecular formula is C10H14N2O2. The summed E-state index contributed by atoms with van der Waals surface area (Å²) in [5.41, 5.74) is 0.204. The van der Waals surface area contributed by atoms with Crippen molar-refractivity contribution in [2.24, 2.45) is 0 Å². The minimum Gasteiger partial charge on any atom is -0.493 e. The quantitative estimate of drug-likeness (QED) is 0.733. The molecule has 4 nitrogen and oxygen atoms in total. The van der Waals surface area contributed by atoms with Crippen molar-refractivity contribution in [3.05, 3.63) is 34.4 Å². The minimum atomic E-state index is -0.168. The highest BCUT2D eigenvalue weighted by molar-refractivity contribution is 5.21. The highest BCUT2D eigenvalue weighted by Crippen LogP contribution is 2.07. The molecule has 0 atom stereocenters. The molecule has 0 radical (unpaired) electrons. The van der Waals surface area contributed by atoms with E-state index in [0.29, 0.717) is 18.5 Å². The van der Waals surface area contributed by atoms with Gasteiger partial charge in [-0.15, -0.1) is 0 Å². The summed E-state index contributed by atoms with van der Waals surface area (Å²) in [6.07, 6.45) is 5.58. The van der Waals surface area contributed by atoms with Crippen LogP contribution >= 0.6 is 0 Å². The van der Waals surface area contributed by atoms with Crippen molar-refractivity contribution in [2.45, 2.75) is 26.8 Å². The van der Waals surface area contributed by atoms with Gasteiger partial charge in [-0.05, 0) is 13.3 Å². The zero-order chi connectivity index (χ0) is 10.6. The van der Waals surface area contributed by atoms with E-state index in [9.17, 15) is 9.90 Å². The molecule has 0 saturated heterocycles. The number of hydrogen-bond donors (Lipinski definition) is 1. The van der Waals surface area contributed by atoms with Crippen molar-refractivity contribution < 1.29 is 5.11 Å². The fourth-order valence-electron chi connectivity index (χ4n) is 1.18. The van der Waals surface area contributed by atoms with Gasteiger partial charge in [-0.2, -0.15) is 0 Å². The lowest BCUT2D eigenvalue weighted by Gasteiger charge is -2.04. The lowest BCUT2D eigenvalue weighted by atomic mass is 10.2. The van der Waals surface area contributed by atoms with E-state index in [-0.39, 0.29) is 11.4 Å². The van der Waals surface area contributed by atoms with E-state index < -0.39 is 0 Å². The third-order valence-electron chi connectivity index (χ3n) is 2.00. The Kier molecular flexibility index (Phi) is 3.45. The van der Waals surface area contributed by atoms with E-state index in [1.807, 2.05) is 26.0 Å². The second-order valence-electron chi connectivity index (χ2n) is 2.93. The van der Waals surface area contributed by atoms with E-state index in [1.165, 1.54) is 10.9 Å². The van der Waals surface area contributed by atoms with Crippen LogP contribution in [0.4, 0.5) is 0 Å². The van der Waals surface area contributed by atoms with Gasteiger partial charge in [-0.1, -0.05) is 19.1 Å². The molecule has 1 rings (SSSR count). The average Bonchev–Trinajstić information content (AvgIpc) is 2.18. The van der Waals surface area contributed by atoms with Crippen LogP contribution in [0.2, 0.25) is 0 Å². The van der Waals surface area contributed by atoms with E-state index in [0.717, 1.165) is 0 Å². The molecule has 0 aromatic carbocycles. The standard InChI is InChI=1S/C10H14N2O2/c1-3-5-6-12-7-11-9(13)8(4-2)10(12)14/h3,5,7,13H,4,6H2,1-2H3/b5-3+. The number of aromatic nitrogens is 2. The Bertz CT molecular complexity index is 394. The Hall–Kier alpha value is -1.58. The molecular weight excluding hydrogens is 180 g/mol. The third-order valence-corrected chi connectivity index (χ3v) is 2.00. The van der Waals surface area contributed by atoms with Crippen molar-refractivity contribution in [1.29, 1.82) is 0 Å². The SMILES string of the molecule is C/C=C/Cn1cnc(O)c(CC)c1=O. The van der Waals surface area contributed by atoms with Gasteiger partial charge in [0.15, 0.2) is 0 Å². The Morgan fingerprint density at radius 1 is 1.64 bits per heavy atom. The van der Waals surface area contributed by atoms with Crippen molar-refractivity contribution in [2.75, 3.05) is 0 Å². The number of allylic oxidation sites excluding steroid dienone is 2. The summed E-state index contributed by atoms with van der Waals surface area (Å²) >= 11 is 0. The fraction of sp³-hybridized carbons (Fsp3) is 0.400. The van der Waals surface area contributed by atoms with Crippen LogP contribution in [0.3, 0.4) is 0 Å². The Labute approximate surface area is 82.5 Å². The molecule has 76 valence electrons. The first-order valence-electron chi connectivity index (χ1n) is 4.59. The number of nitrogens with zero attached hydrogens (tertiary/aromatic N) is 2. The molecule has 0 fully saturated rings. The summed E-state index contributed by atoms with van der Waals surface area (Å²) in [7, 11) is 0. The first kappa shape index (κ1) is 10.5. The summed E-state index contributed by atoms with van der Waals surface area (Å²) in [5.74, 6) is -0.158. The maximum Gasteiger partial charge on any atom is 0.260 e. The Morgan fingerprint density at radius 3 is 2.93 bits per heavy atom. The summed E-state index contributed by atoms with van der Waals surface area (Å²) < 4.78 is 1.47. The van der Waals surface area contributed by atoms with Crippen molar-refractivity contribution in [3.63, 3.8) is 0 Å². The zero-order valence-electron chi connectivity index (χ0n) is 8.40. The molecule has 0 aliphatic carbocycles. The van der Waals surface area contributed by atoms with Crippen LogP contribution in [0.15, 0.2) is 23.3 Å². The van der Waals surface area contributed by atoms with Crippen LogP contribution in [0.5, 0.6) is 5.88 Å². The molecule has 0 unspecified atom stereocenters. The highest BCUT2D eigenvalue weighted by atomic mass is 16.3. The predicted octanol–water partition coefficient (Wildman–Crippen LogP) is 1.09. The van der Waals surface area contributed by atoms with Crippen molar-refractivity contribution in [1.82, 2.24) is 9.55 Å². The number of rotatable bonds is 3. The Morgan fingerprint density at radius 2 is 2.36 bits per heavy atom. The van der Waals surface area contributed by atoms with Gasteiger partial charge in [0.25, 0.3) is 5.56 Å². The molecule has 14 heavy (non-hydrogen) atoms. The van der Waals surface area contributed by atoms with Crippen LogP contribution in [0.25, 0.3) is 0 Å². The predicted molar refractivity (Wildman–Crippen MR) is 54.4 cm³/mol. The average molecular weight is 194 g/mol. The highest BCUT2D eigenvalue weighted by Gasteiger charge is 2.07. The Balaban J connectivity index is 3.15. The lowest BCUT2D eigenvalue weighted by Crippen LogP contribution is -2.23. The second-order valence-corrected chi connectivity index (χ2v) is 2.93. The molecule has 0 saturated carbocycles. The maximum atomic E-state index is 11.7. The van der Waals surface area contributed by atoms with Crippen molar-refractivity contribution >= 4 is 0 Å². The first-order chi connectivity index (χ1) is 6.70. The molecule has 1 aromatic rings. The molecule has 1 aromatic heterocycles. The van der Waals surface area contributed by atoms with Crippen LogP contribution in [0, 0.1) is 0 Å².